The van der Waals surface area contributed by atoms with Gasteiger partial charge in [0.2, 0.25) is 0 Å². The van der Waals surface area contributed by atoms with Gasteiger partial charge in [-0.2, -0.15) is 0 Å². The van der Waals surface area contributed by atoms with Crippen molar-refractivity contribution in [1.82, 2.24) is 0 Å². The predicted molar refractivity (Wildman–Crippen MR) is 58.8 cm³/mol. The van der Waals surface area contributed by atoms with Crippen LogP contribution in [0.4, 0.5) is 0 Å². The largest absolute Gasteiger partial charge is 0.508 e. The van der Waals surface area contributed by atoms with Crippen LogP contribution in [0, 0.1) is 0 Å². The van der Waals surface area contributed by atoms with E-state index in [4.69, 9.17) is 0 Å². The summed E-state index contributed by atoms with van der Waals surface area (Å²) in [6.07, 6.45) is 1.38. The smallest absolute Gasteiger partial charge is 0.341 e. The van der Waals surface area contributed by atoms with Gasteiger partial charge in [-0.05, 0) is 30.7 Å². The molecule has 1 rings (SSSR count). The van der Waals surface area contributed by atoms with Crippen molar-refractivity contribution in [3.05, 3.63) is 35.4 Å². The standard InChI is InChI=1S/C12H12O4/c1-8(13)11(12(15)16-2)7-9-4-3-5-10(14)6-9/h3-7,14H,1-2H3/b11-7+. The molecule has 0 spiro atoms. The average molecular weight is 220 g/mol. The number of ketones is 1. The van der Waals surface area contributed by atoms with Gasteiger partial charge in [-0.25, -0.2) is 4.79 Å². The van der Waals surface area contributed by atoms with E-state index >= 15 is 0 Å². The molecule has 0 saturated heterocycles. The summed E-state index contributed by atoms with van der Waals surface area (Å²) in [7, 11) is 1.21. The molecule has 0 saturated carbocycles. The maximum atomic E-state index is 11.3. The van der Waals surface area contributed by atoms with E-state index in [9.17, 15) is 14.7 Å². The van der Waals surface area contributed by atoms with Crippen molar-refractivity contribution in [1.29, 1.82) is 0 Å². The fourth-order valence-electron chi connectivity index (χ4n) is 1.20. The Bertz CT molecular complexity index is 446. The van der Waals surface area contributed by atoms with Crippen LogP contribution in [0.5, 0.6) is 5.75 Å². The number of aromatic hydroxyl groups is 1. The lowest BCUT2D eigenvalue weighted by Gasteiger charge is -2.01. The van der Waals surface area contributed by atoms with Crippen LogP contribution in [-0.4, -0.2) is 24.0 Å². The number of phenols is 1. The number of esters is 1. The number of hydrogen-bond donors (Lipinski definition) is 1. The topological polar surface area (TPSA) is 63.6 Å². The number of rotatable bonds is 3. The second-order valence-electron chi connectivity index (χ2n) is 3.20. The van der Waals surface area contributed by atoms with Crippen LogP contribution < -0.4 is 0 Å². The third-order valence-corrected chi connectivity index (χ3v) is 1.97. The van der Waals surface area contributed by atoms with Crippen LogP contribution in [0.1, 0.15) is 12.5 Å². The van der Waals surface area contributed by atoms with E-state index in [2.05, 4.69) is 4.74 Å². The molecule has 0 aliphatic heterocycles. The lowest BCUT2D eigenvalue weighted by molar-refractivity contribution is -0.137. The molecular formula is C12H12O4. The van der Waals surface area contributed by atoms with Crippen molar-refractivity contribution in [2.24, 2.45) is 0 Å². The Morgan fingerprint density at radius 2 is 2.06 bits per heavy atom. The summed E-state index contributed by atoms with van der Waals surface area (Å²) in [4.78, 5) is 22.5. The molecule has 0 heterocycles. The average Bonchev–Trinajstić information content (AvgIpc) is 2.24. The quantitative estimate of drug-likeness (QED) is 0.363. The fourth-order valence-corrected chi connectivity index (χ4v) is 1.20. The molecule has 84 valence electrons. The molecule has 0 aliphatic rings. The fraction of sp³-hybridized carbons (Fsp3) is 0.167. The minimum atomic E-state index is -0.684. The van der Waals surface area contributed by atoms with Gasteiger partial charge in [0.15, 0.2) is 5.78 Å². The Balaban J connectivity index is 3.12. The minimum absolute atomic E-state index is 0.0481. The number of carbonyl (C=O) groups excluding carboxylic acids is 2. The van der Waals surface area contributed by atoms with Crippen molar-refractivity contribution in [2.75, 3.05) is 7.11 Å². The molecular weight excluding hydrogens is 208 g/mol. The Kier molecular flexibility index (Phi) is 3.83. The van der Waals surface area contributed by atoms with E-state index in [-0.39, 0.29) is 17.1 Å². The first-order valence-electron chi connectivity index (χ1n) is 4.64. The molecule has 0 aromatic heterocycles. The molecule has 4 heteroatoms. The SMILES string of the molecule is COC(=O)/C(=C/c1cccc(O)c1)C(C)=O. The van der Waals surface area contributed by atoms with Crippen molar-refractivity contribution in [2.45, 2.75) is 6.92 Å². The van der Waals surface area contributed by atoms with Gasteiger partial charge in [-0.1, -0.05) is 12.1 Å². The van der Waals surface area contributed by atoms with Crippen molar-refractivity contribution in [3.63, 3.8) is 0 Å². The Hall–Kier alpha value is -2.10. The molecule has 0 unspecified atom stereocenters. The Morgan fingerprint density at radius 3 is 2.56 bits per heavy atom. The summed E-state index contributed by atoms with van der Waals surface area (Å²) in [5, 5.41) is 9.23. The van der Waals surface area contributed by atoms with E-state index in [0.717, 1.165) is 0 Å². The first kappa shape index (κ1) is 12.0. The molecule has 0 aliphatic carbocycles. The third kappa shape index (κ3) is 2.95. The van der Waals surface area contributed by atoms with E-state index in [1.165, 1.54) is 32.2 Å². The monoisotopic (exact) mass is 220 g/mol. The molecule has 1 aromatic carbocycles. The van der Waals surface area contributed by atoms with Crippen LogP contribution in [0.15, 0.2) is 29.8 Å². The summed E-state index contributed by atoms with van der Waals surface area (Å²) < 4.78 is 4.49. The first-order valence-corrected chi connectivity index (χ1v) is 4.64. The summed E-state index contributed by atoms with van der Waals surface area (Å²) in [5.74, 6) is -0.993. The second kappa shape index (κ2) is 5.11. The van der Waals surface area contributed by atoms with E-state index in [1.54, 1.807) is 12.1 Å². The summed E-state index contributed by atoms with van der Waals surface area (Å²) >= 11 is 0. The highest BCUT2D eigenvalue weighted by atomic mass is 16.5. The lowest BCUT2D eigenvalue weighted by atomic mass is 10.1. The number of ether oxygens (including phenoxy) is 1. The lowest BCUT2D eigenvalue weighted by Crippen LogP contribution is -2.11. The van der Waals surface area contributed by atoms with Crippen molar-refractivity contribution < 1.29 is 19.4 Å². The van der Waals surface area contributed by atoms with Gasteiger partial charge in [0.05, 0.1) is 7.11 Å². The van der Waals surface area contributed by atoms with Gasteiger partial charge in [0, 0.05) is 0 Å². The number of phenolic OH excluding ortho intramolecular Hbond substituents is 1. The third-order valence-electron chi connectivity index (χ3n) is 1.97. The predicted octanol–water partition coefficient (Wildman–Crippen LogP) is 1.54. The molecule has 0 bridgehead atoms. The maximum Gasteiger partial charge on any atom is 0.341 e. The maximum absolute atomic E-state index is 11.3. The van der Waals surface area contributed by atoms with Crippen molar-refractivity contribution >= 4 is 17.8 Å². The summed E-state index contributed by atoms with van der Waals surface area (Å²) in [6, 6.07) is 6.25. The molecule has 16 heavy (non-hydrogen) atoms. The molecule has 0 atom stereocenters. The van der Waals surface area contributed by atoms with Crippen LogP contribution in [-0.2, 0) is 14.3 Å². The van der Waals surface area contributed by atoms with E-state index in [1.807, 2.05) is 0 Å². The number of Topliss-reactive ketones (excluding diaryl/α,β-unsaturated/α-hetero) is 1. The normalized spacial score (nSPS) is 11.0. The Morgan fingerprint density at radius 1 is 1.38 bits per heavy atom. The number of carbonyl (C=O) groups is 2. The summed E-state index contributed by atoms with van der Waals surface area (Å²) in [6.45, 7) is 1.28. The van der Waals surface area contributed by atoms with Gasteiger partial charge in [-0.15, -0.1) is 0 Å². The van der Waals surface area contributed by atoms with E-state index in [0.29, 0.717) is 5.56 Å². The van der Waals surface area contributed by atoms with Gasteiger partial charge < -0.3 is 9.84 Å². The van der Waals surface area contributed by atoms with E-state index < -0.39 is 5.97 Å². The van der Waals surface area contributed by atoms with Crippen LogP contribution >= 0.6 is 0 Å². The van der Waals surface area contributed by atoms with Crippen LogP contribution in [0.2, 0.25) is 0 Å². The zero-order valence-corrected chi connectivity index (χ0v) is 9.06. The Labute approximate surface area is 93.2 Å². The molecule has 1 N–H and O–H groups in total. The number of hydrogen-bond acceptors (Lipinski definition) is 4. The highest BCUT2D eigenvalue weighted by molar-refractivity contribution is 6.19. The molecule has 1 aromatic rings. The molecule has 4 nitrogen and oxygen atoms in total. The summed E-state index contributed by atoms with van der Waals surface area (Å²) in [5.41, 5.74) is 0.517. The van der Waals surface area contributed by atoms with Crippen molar-refractivity contribution in [3.8, 4) is 5.75 Å². The molecule has 0 amide bonds. The number of benzene rings is 1. The number of methoxy groups -OCH3 is 1. The highest BCUT2D eigenvalue weighted by Crippen LogP contribution is 2.15. The van der Waals surface area contributed by atoms with Gasteiger partial charge in [0.25, 0.3) is 0 Å². The zero-order valence-electron chi connectivity index (χ0n) is 9.06. The van der Waals surface area contributed by atoms with Gasteiger partial charge in [0.1, 0.15) is 11.3 Å². The van der Waals surface area contributed by atoms with Gasteiger partial charge >= 0.3 is 5.97 Å². The molecule has 0 fully saturated rings. The van der Waals surface area contributed by atoms with Gasteiger partial charge in [-0.3, -0.25) is 4.79 Å². The van der Waals surface area contributed by atoms with Crippen LogP contribution in [0.25, 0.3) is 6.08 Å². The highest BCUT2D eigenvalue weighted by Gasteiger charge is 2.14. The minimum Gasteiger partial charge on any atom is -0.508 e. The second-order valence-corrected chi connectivity index (χ2v) is 3.20. The first-order chi connectivity index (χ1) is 7.54. The van der Waals surface area contributed by atoms with Crippen LogP contribution in [0.3, 0.4) is 0 Å². The molecule has 0 radical (unpaired) electrons. The zero-order chi connectivity index (χ0) is 12.1.